The van der Waals surface area contributed by atoms with Crippen LogP contribution in [-0.2, 0) is 27.2 Å². The van der Waals surface area contributed by atoms with Crippen LogP contribution in [0.5, 0.6) is 0 Å². The van der Waals surface area contributed by atoms with Gasteiger partial charge in [0, 0.05) is 13.5 Å². The molecule has 8 heteroatoms. The summed E-state index contributed by atoms with van der Waals surface area (Å²) in [6, 6.07) is 17.9. The van der Waals surface area contributed by atoms with Gasteiger partial charge in [-0.15, -0.1) is 0 Å². The summed E-state index contributed by atoms with van der Waals surface area (Å²) in [6.45, 7) is 0. The Morgan fingerprint density at radius 2 is 1.45 bits per heavy atom. The molecule has 0 aliphatic heterocycles. The molecule has 0 unspecified atom stereocenters. The highest BCUT2D eigenvalue weighted by atomic mass is 16.5. The Bertz CT molecular complexity index is 845. The van der Waals surface area contributed by atoms with Gasteiger partial charge in [0.15, 0.2) is 0 Å². The highest BCUT2D eigenvalue weighted by molar-refractivity contribution is 5.92. The fourth-order valence-corrected chi connectivity index (χ4v) is 3.36. The molecule has 2 rings (SSSR count). The Kier molecular flexibility index (Phi) is 9.67. The minimum atomic E-state index is -1.75. The minimum absolute atomic E-state index is 0.196. The number of carbonyl (C=O) groups is 3. The van der Waals surface area contributed by atoms with Gasteiger partial charge in [-0.25, -0.2) is 5.48 Å². The van der Waals surface area contributed by atoms with Crippen LogP contribution < -0.4 is 16.1 Å². The normalized spacial score (nSPS) is 13.5. The molecule has 31 heavy (non-hydrogen) atoms. The van der Waals surface area contributed by atoms with E-state index in [9.17, 15) is 19.5 Å². The lowest BCUT2D eigenvalue weighted by molar-refractivity contribution is -0.146. The number of likely N-dealkylation sites (N-methyl/N-ethyl adjacent to an activating group) is 1. The molecule has 0 aliphatic rings. The third-order valence-corrected chi connectivity index (χ3v) is 5.08. The maximum Gasteiger partial charge on any atom is 0.272 e. The maximum atomic E-state index is 13.0. The van der Waals surface area contributed by atoms with Gasteiger partial charge in [-0.3, -0.25) is 19.6 Å². The lowest BCUT2D eigenvalue weighted by Gasteiger charge is -2.24. The van der Waals surface area contributed by atoms with Crippen molar-refractivity contribution in [2.24, 2.45) is 5.92 Å². The second-order valence-corrected chi connectivity index (χ2v) is 7.27. The Balaban J connectivity index is 2.10. The zero-order valence-corrected chi connectivity index (χ0v) is 17.5. The highest BCUT2D eigenvalue weighted by Crippen LogP contribution is 2.16. The van der Waals surface area contributed by atoms with Gasteiger partial charge in [-0.05, 0) is 30.4 Å². The Hall–Kier alpha value is -3.23. The summed E-state index contributed by atoms with van der Waals surface area (Å²) in [5.74, 6) is -3.21. The predicted molar refractivity (Wildman–Crippen MR) is 115 cm³/mol. The predicted octanol–water partition coefficient (Wildman–Crippen LogP) is 0.965. The van der Waals surface area contributed by atoms with Crippen LogP contribution in [0.3, 0.4) is 0 Å². The molecule has 3 amide bonds. The molecule has 0 saturated carbocycles. The molecule has 0 aromatic heterocycles. The summed E-state index contributed by atoms with van der Waals surface area (Å²) in [7, 11) is 1.47. The fraction of sp³-hybridized carbons (Fsp3) is 0.348. The first-order valence-electron chi connectivity index (χ1n) is 10.2. The summed E-state index contributed by atoms with van der Waals surface area (Å²) in [5, 5.41) is 24.4. The van der Waals surface area contributed by atoms with Crippen molar-refractivity contribution in [1.82, 2.24) is 16.1 Å². The van der Waals surface area contributed by atoms with E-state index in [1.807, 2.05) is 60.7 Å². The second-order valence-electron chi connectivity index (χ2n) is 7.27. The van der Waals surface area contributed by atoms with Crippen LogP contribution >= 0.6 is 0 Å². The van der Waals surface area contributed by atoms with E-state index >= 15 is 0 Å². The van der Waals surface area contributed by atoms with Crippen molar-refractivity contribution >= 4 is 17.7 Å². The molecule has 2 aromatic rings. The Morgan fingerprint density at radius 3 is 2.00 bits per heavy atom. The lowest BCUT2D eigenvalue weighted by Crippen LogP contribution is -2.52. The zero-order valence-electron chi connectivity index (χ0n) is 17.5. The topological polar surface area (TPSA) is 128 Å². The van der Waals surface area contributed by atoms with Gasteiger partial charge in [-0.2, -0.15) is 0 Å². The summed E-state index contributed by atoms with van der Waals surface area (Å²) in [6.07, 6.45) is -0.114. The van der Waals surface area contributed by atoms with Gasteiger partial charge in [0.05, 0.1) is 5.92 Å². The van der Waals surface area contributed by atoms with Gasteiger partial charge >= 0.3 is 0 Å². The van der Waals surface area contributed by atoms with Gasteiger partial charge < -0.3 is 15.7 Å². The van der Waals surface area contributed by atoms with Crippen LogP contribution in [0, 0.1) is 5.92 Å². The molecule has 166 valence electrons. The van der Waals surface area contributed by atoms with Gasteiger partial charge in [-0.1, -0.05) is 60.7 Å². The molecular formula is C23H29N3O5. The van der Waals surface area contributed by atoms with E-state index in [0.717, 1.165) is 11.1 Å². The quantitative estimate of drug-likeness (QED) is 0.270. The summed E-state index contributed by atoms with van der Waals surface area (Å²) >= 11 is 0. The number of aliphatic hydroxyl groups excluding tert-OH is 1. The molecule has 0 heterocycles. The molecule has 0 aliphatic carbocycles. The molecule has 0 spiro atoms. The van der Waals surface area contributed by atoms with E-state index in [1.165, 1.54) is 12.5 Å². The van der Waals surface area contributed by atoms with Crippen molar-refractivity contribution in [1.29, 1.82) is 0 Å². The van der Waals surface area contributed by atoms with E-state index < -0.39 is 29.9 Å². The number of carbonyl (C=O) groups excluding carboxylic acids is 3. The SMILES string of the molecule is CNC(=O)[C@H](Cc1ccccc1)NC(=O)[C@H](CCCc1ccccc1)[C@H](O)C(=O)NO. The molecule has 3 atom stereocenters. The average Bonchev–Trinajstić information content (AvgIpc) is 2.81. The molecule has 5 N–H and O–H groups in total. The molecule has 0 saturated heterocycles. The first-order valence-corrected chi connectivity index (χ1v) is 10.2. The van der Waals surface area contributed by atoms with E-state index in [-0.39, 0.29) is 18.7 Å². The standard InChI is InChI=1S/C23H29N3O5/c1-24-22(29)19(15-17-11-6-3-7-12-17)25-21(28)18(20(27)23(30)26-31)14-8-13-16-9-4-2-5-10-16/h2-7,9-12,18-20,27,31H,8,13-15H2,1H3,(H,24,29)(H,25,28)(H,26,30)/t18-,19+,20+/m1/s1. The molecule has 0 bridgehead atoms. The van der Waals surface area contributed by atoms with Gasteiger partial charge in [0.1, 0.15) is 12.1 Å². The number of aliphatic hydroxyl groups is 1. The largest absolute Gasteiger partial charge is 0.382 e. The van der Waals surface area contributed by atoms with Crippen molar-refractivity contribution in [2.45, 2.75) is 37.8 Å². The monoisotopic (exact) mass is 427 g/mol. The summed E-state index contributed by atoms with van der Waals surface area (Å²) in [5.41, 5.74) is 3.30. The minimum Gasteiger partial charge on any atom is -0.382 e. The first kappa shape index (κ1) is 24.0. The number of hydrogen-bond donors (Lipinski definition) is 5. The molecular weight excluding hydrogens is 398 g/mol. The van der Waals surface area contributed by atoms with Crippen LogP contribution in [0.1, 0.15) is 24.0 Å². The maximum absolute atomic E-state index is 13.0. The van der Waals surface area contributed by atoms with Crippen LogP contribution in [0.4, 0.5) is 0 Å². The van der Waals surface area contributed by atoms with E-state index in [0.29, 0.717) is 12.8 Å². The van der Waals surface area contributed by atoms with E-state index in [2.05, 4.69) is 10.6 Å². The number of nitrogens with one attached hydrogen (secondary N) is 3. The van der Waals surface area contributed by atoms with Crippen LogP contribution in [0.15, 0.2) is 60.7 Å². The fourth-order valence-electron chi connectivity index (χ4n) is 3.36. The average molecular weight is 428 g/mol. The Morgan fingerprint density at radius 1 is 0.871 bits per heavy atom. The number of benzene rings is 2. The van der Waals surface area contributed by atoms with Crippen LogP contribution in [-0.4, -0.2) is 47.2 Å². The molecule has 0 fully saturated rings. The molecule has 0 radical (unpaired) electrons. The van der Waals surface area contributed by atoms with Crippen molar-refractivity contribution in [2.75, 3.05) is 7.05 Å². The first-order chi connectivity index (χ1) is 15.0. The Labute approximate surface area is 181 Å². The van der Waals surface area contributed by atoms with E-state index in [1.54, 1.807) is 0 Å². The van der Waals surface area contributed by atoms with Gasteiger partial charge in [0.2, 0.25) is 11.8 Å². The third-order valence-electron chi connectivity index (χ3n) is 5.08. The second kappa shape index (κ2) is 12.5. The summed E-state index contributed by atoms with van der Waals surface area (Å²) in [4.78, 5) is 37.1. The molecule has 2 aromatic carbocycles. The van der Waals surface area contributed by atoms with Crippen molar-refractivity contribution in [3.8, 4) is 0 Å². The van der Waals surface area contributed by atoms with Crippen LogP contribution in [0.2, 0.25) is 0 Å². The number of rotatable bonds is 11. The van der Waals surface area contributed by atoms with Crippen molar-refractivity contribution in [3.63, 3.8) is 0 Å². The van der Waals surface area contributed by atoms with Crippen molar-refractivity contribution < 1.29 is 24.7 Å². The number of aryl methyl sites for hydroxylation is 1. The van der Waals surface area contributed by atoms with E-state index in [4.69, 9.17) is 5.21 Å². The van der Waals surface area contributed by atoms with Crippen LogP contribution in [0.25, 0.3) is 0 Å². The summed E-state index contributed by atoms with van der Waals surface area (Å²) < 4.78 is 0. The third kappa shape index (κ3) is 7.51. The van der Waals surface area contributed by atoms with Crippen molar-refractivity contribution in [3.05, 3.63) is 71.8 Å². The highest BCUT2D eigenvalue weighted by Gasteiger charge is 2.34. The number of hydroxylamine groups is 1. The lowest BCUT2D eigenvalue weighted by atomic mass is 9.92. The number of amides is 3. The van der Waals surface area contributed by atoms with Gasteiger partial charge in [0.25, 0.3) is 5.91 Å². The smallest absolute Gasteiger partial charge is 0.272 e. The number of hydrogen-bond acceptors (Lipinski definition) is 5. The zero-order chi connectivity index (χ0) is 22.6. The molecule has 8 nitrogen and oxygen atoms in total.